The van der Waals surface area contributed by atoms with E-state index in [1.807, 2.05) is 0 Å². The van der Waals surface area contributed by atoms with E-state index in [0.29, 0.717) is 30.1 Å². The number of hydrogen-bond donors (Lipinski definition) is 0. The zero-order chi connectivity index (χ0) is 18.4. The van der Waals surface area contributed by atoms with Crippen LogP contribution in [0.5, 0.6) is 0 Å². The molecule has 0 aromatic heterocycles. The minimum absolute atomic E-state index is 0.00389. The highest BCUT2D eigenvalue weighted by atomic mass is 79.9. The highest BCUT2D eigenvalue weighted by molar-refractivity contribution is 9.11. The van der Waals surface area contributed by atoms with Crippen LogP contribution < -0.4 is 0 Å². The van der Waals surface area contributed by atoms with Crippen molar-refractivity contribution in [2.45, 2.75) is 40.6 Å². The molecule has 132 valence electrons. The van der Waals surface area contributed by atoms with Gasteiger partial charge in [-0.05, 0) is 47.8 Å². The Kier molecular flexibility index (Phi) is 8.38. The van der Waals surface area contributed by atoms with Crippen LogP contribution in [0.2, 0.25) is 0 Å². The lowest BCUT2D eigenvalue weighted by molar-refractivity contribution is -0.143. The van der Waals surface area contributed by atoms with Crippen LogP contribution >= 0.6 is 47.8 Å². The average Bonchev–Trinajstić information content (AvgIpc) is 2.45. The van der Waals surface area contributed by atoms with Crippen molar-refractivity contribution in [2.75, 3.05) is 0 Å². The lowest BCUT2D eigenvalue weighted by atomic mass is 10.1. The molecule has 0 N–H and O–H groups in total. The minimum atomic E-state index is -0.431. The first-order chi connectivity index (χ1) is 11.1. The molecule has 0 saturated heterocycles. The number of halogens is 3. The standard InChI is InChI=1S/C15H15Br3O6/c1-7(19)22-4-10-13(16)11(5-23-8(2)20)15(18)12(14(10)17)6-24-9(3)21/h4-6H2,1-3H3. The summed E-state index contributed by atoms with van der Waals surface area (Å²) in [4.78, 5) is 33.3. The summed E-state index contributed by atoms with van der Waals surface area (Å²) >= 11 is 10.3. The summed E-state index contributed by atoms with van der Waals surface area (Å²) in [6.07, 6.45) is 0. The van der Waals surface area contributed by atoms with Gasteiger partial charge >= 0.3 is 17.9 Å². The second-order valence-electron chi connectivity index (χ2n) is 4.72. The number of benzene rings is 1. The highest BCUT2D eigenvalue weighted by Crippen LogP contribution is 2.40. The lowest BCUT2D eigenvalue weighted by Gasteiger charge is -2.19. The molecule has 1 aromatic rings. The molecule has 0 radical (unpaired) electrons. The Labute approximate surface area is 164 Å². The first kappa shape index (κ1) is 21.1. The van der Waals surface area contributed by atoms with Gasteiger partial charge in [-0.25, -0.2) is 0 Å². The molecule has 0 heterocycles. The van der Waals surface area contributed by atoms with Gasteiger partial charge in [-0.2, -0.15) is 0 Å². The smallest absolute Gasteiger partial charge is 0.302 e. The summed E-state index contributed by atoms with van der Waals surface area (Å²) in [6.45, 7) is 3.93. The van der Waals surface area contributed by atoms with Crippen molar-refractivity contribution in [1.82, 2.24) is 0 Å². The quantitative estimate of drug-likeness (QED) is 0.406. The van der Waals surface area contributed by atoms with Crippen LogP contribution in [0.15, 0.2) is 13.4 Å². The molecule has 6 nitrogen and oxygen atoms in total. The third-order valence-electron chi connectivity index (χ3n) is 2.85. The molecule has 0 spiro atoms. The van der Waals surface area contributed by atoms with E-state index in [1.54, 1.807) is 0 Å². The van der Waals surface area contributed by atoms with Crippen molar-refractivity contribution in [3.05, 3.63) is 30.1 Å². The van der Waals surface area contributed by atoms with E-state index in [-0.39, 0.29) is 19.8 Å². The molecule has 24 heavy (non-hydrogen) atoms. The predicted molar refractivity (Wildman–Crippen MR) is 96.0 cm³/mol. The van der Waals surface area contributed by atoms with Crippen LogP contribution in [0.25, 0.3) is 0 Å². The van der Waals surface area contributed by atoms with Gasteiger partial charge in [-0.1, -0.05) is 0 Å². The first-order valence-electron chi connectivity index (χ1n) is 6.72. The molecule has 0 amide bonds. The van der Waals surface area contributed by atoms with Gasteiger partial charge in [0.2, 0.25) is 0 Å². The van der Waals surface area contributed by atoms with Gasteiger partial charge in [0.1, 0.15) is 19.8 Å². The topological polar surface area (TPSA) is 78.9 Å². The Hall–Kier alpha value is -0.930. The third-order valence-corrected chi connectivity index (χ3v) is 5.72. The number of rotatable bonds is 6. The maximum atomic E-state index is 11.1. The molecule has 0 fully saturated rings. The molecule has 0 aliphatic rings. The van der Waals surface area contributed by atoms with Crippen molar-refractivity contribution >= 4 is 65.7 Å². The normalized spacial score (nSPS) is 10.2. The zero-order valence-electron chi connectivity index (χ0n) is 13.2. The number of carbonyl (C=O) groups excluding carboxylic acids is 3. The highest BCUT2D eigenvalue weighted by Gasteiger charge is 2.22. The summed E-state index contributed by atoms with van der Waals surface area (Å²) in [5.74, 6) is -1.29. The van der Waals surface area contributed by atoms with E-state index in [4.69, 9.17) is 14.2 Å². The molecule has 0 bridgehead atoms. The summed E-state index contributed by atoms with van der Waals surface area (Å²) in [7, 11) is 0. The van der Waals surface area contributed by atoms with Crippen LogP contribution in [-0.4, -0.2) is 17.9 Å². The molecular formula is C15H15Br3O6. The summed E-state index contributed by atoms with van der Waals surface area (Å²) in [5, 5.41) is 0. The average molecular weight is 531 g/mol. The van der Waals surface area contributed by atoms with Crippen molar-refractivity contribution in [3.63, 3.8) is 0 Å². The maximum absolute atomic E-state index is 11.1. The largest absolute Gasteiger partial charge is 0.461 e. The minimum Gasteiger partial charge on any atom is -0.461 e. The number of esters is 3. The fraction of sp³-hybridized carbons (Fsp3) is 0.400. The van der Waals surface area contributed by atoms with E-state index < -0.39 is 17.9 Å². The van der Waals surface area contributed by atoms with Crippen LogP contribution in [0.3, 0.4) is 0 Å². The van der Waals surface area contributed by atoms with Gasteiger partial charge in [0.15, 0.2) is 0 Å². The monoisotopic (exact) mass is 528 g/mol. The van der Waals surface area contributed by atoms with E-state index in [0.717, 1.165) is 0 Å². The molecule has 0 aliphatic heterocycles. The summed E-state index contributed by atoms with van der Waals surface area (Å²) < 4.78 is 17.0. The Balaban J connectivity index is 3.36. The first-order valence-corrected chi connectivity index (χ1v) is 9.10. The van der Waals surface area contributed by atoms with Gasteiger partial charge in [0, 0.05) is 50.9 Å². The van der Waals surface area contributed by atoms with Crippen LogP contribution in [0.1, 0.15) is 37.5 Å². The number of carbonyl (C=O) groups is 3. The van der Waals surface area contributed by atoms with Crippen LogP contribution in [0.4, 0.5) is 0 Å². The summed E-state index contributed by atoms with van der Waals surface area (Å²) in [6, 6.07) is 0. The molecule has 0 aliphatic carbocycles. The number of hydrogen-bond acceptors (Lipinski definition) is 6. The fourth-order valence-corrected chi connectivity index (χ4v) is 4.41. The van der Waals surface area contributed by atoms with Crippen molar-refractivity contribution in [2.24, 2.45) is 0 Å². The second-order valence-corrected chi connectivity index (χ2v) is 7.10. The fourth-order valence-electron chi connectivity index (χ4n) is 1.74. The van der Waals surface area contributed by atoms with E-state index in [1.165, 1.54) is 20.8 Å². The second kappa shape index (κ2) is 9.53. The molecule has 9 heteroatoms. The molecular weight excluding hydrogens is 516 g/mol. The van der Waals surface area contributed by atoms with E-state index >= 15 is 0 Å². The van der Waals surface area contributed by atoms with Gasteiger partial charge < -0.3 is 14.2 Å². The third kappa shape index (κ3) is 5.86. The lowest BCUT2D eigenvalue weighted by Crippen LogP contribution is -2.09. The van der Waals surface area contributed by atoms with Crippen molar-refractivity contribution in [1.29, 1.82) is 0 Å². The molecule has 0 unspecified atom stereocenters. The maximum Gasteiger partial charge on any atom is 0.302 e. The van der Waals surface area contributed by atoms with Crippen molar-refractivity contribution in [3.8, 4) is 0 Å². The Morgan fingerprint density at radius 2 is 0.833 bits per heavy atom. The number of ether oxygens (including phenoxy) is 3. The SMILES string of the molecule is CC(=O)OCc1c(Br)c(COC(C)=O)c(Br)c(COC(C)=O)c1Br. The molecule has 1 rings (SSSR count). The van der Waals surface area contributed by atoms with Crippen molar-refractivity contribution < 1.29 is 28.6 Å². The van der Waals surface area contributed by atoms with Gasteiger partial charge in [0.25, 0.3) is 0 Å². The Morgan fingerprint density at radius 1 is 0.625 bits per heavy atom. The summed E-state index contributed by atoms with van der Waals surface area (Å²) in [5.41, 5.74) is 1.91. The molecule has 0 saturated carbocycles. The van der Waals surface area contributed by atoms with Gasteiger partial charge in [0.05, 0.1) is 0 Å². The van der Waals surface area contributed by atoms with E-state index in [9.17, 15) is 14.4 Å². The van der Waals surface area contributed by atoms with E-state index in [2.05, 4.69) is 47.8 Å². The predicted octanol–water partition coefficient (Wildman–Crippen LogP) is 4.16. The van der Waals surface area contributed by atoms with Crippen LogP contribution in [0, 0.1) is 0 Å². The van der Waals surface area contributed by atoms with Gasteiger partial charge in [-0.3, -0.25) is 14.4 Å². The zero-order valence-corrected chi connectivity index (χ0v) is 18.0. The van der Waals surface area contributed by atoms with Crippen LogP contribution in [-0.2, 0) is 48.4 Å². The Morgan fingerprint density at radius 3 is 1.00 bits per heavy atom. The molecule has 1 aromatic carbocycles. The molecule has 0 atom stereocenters. The Bertz CT molecular complexity index is 560. The van der Waals surface area contributed by atoms with Gasteiger partial charge in [-0.15, -0.1) is 0 Å².